The van der Waals surface area contributed by atoms with E-state index < -0.39 is 0 Å². The number of nitrogen functional groups attached to an aromatic ring is 1. The zero-order valence-electron chi connectivity index (χ0n) is 13.3. The van der Waals surface area contributed by atoms with Crippen LogP contribution in [0.3, 0.4) is 0 Å². The standard InChI is InChI=1S/C19H15N5O/c20-14-7-11-16(12-8-14)23-24-22-15-9-5-13(6-10-15)19-21-17-3-1-2-4-18(17)25-19/h1-12H,20H2,(H,22,23). The van der Waals surface area contributed by atoms with Crippen LogP contribution >= 0.6 is 0 Å². The number of fused-ring (bicyclic) bond motifs is 1. The molecule has 0 fully saturated rings. The van der Waals surface area contributed by atoms with Gasteiger partial charge in [0.25, 0.3) is 0 Å². The molecule has 0 radical (unpaired) electrons. The van der Waals surface area contributed by atoms with E-state index in [9.17, 15) is 0 Å². The summed E-state index contributed by atoms with van der Waals surface area (Å²) in [5.41, 5.74) is 13.3. The van der Waals surface area contributed by atoms with Gasteiger partial charge in [0.15, 0.2) is 5.58 Å². The van der Waals surface area contributed by atoms with Gasteiger partial charge in [-0.05, 0) is 60.7 Å². The van der Waals surface area contributed by atoms with E-state index in [1.165, 1.54) is 0 Å². The third-order valence-electron chi connectivity index (χ3n) is 3.66. The first-order valence-electron chi connectivity index (χ1n) is 7.76. The zero-order chi connectivity index (χ0) is 17.1. The molecule has 1 aromatic heterocycles. The number of hydrogen-bond donors (Lipinski definition) is 2. The molecule has 0 aliphatic rings. The summed E-state index contributed by atoms with van der Waals surface area (Å²) in [5, 5.41) is 8.11. The number of hydrogen-bond acceptors (Lipinski definition) is 5. The van der Waals surface area contributed by atoms with E-state index in [1.54, 1.807) is 12.1 Å². The Bertz CT molecular complexity index is 987. The summed E-state index contributed by atoms with van der Waals surface area (Å²) in [6, 6.07) is 22.5. The lowest BCUT2D eigenvalue weighted by Gasteiger charge is -1.99. The van der Waals surface area contributed by atoms with Gasteiger partial charge in [0.1, 0.15) is 5.52 Å². The summed E-state index contributed by atoms with van der Waals surface area (Å²) in [5.74, 6) is 0.588. The molecule has 6 heteroatoms. The van der Waals surface area contributed by atoms with Crippen LogP contribution in [0, 0.1) is 0 Å². The van der Waals surface area contributed by atoms with E-state index in [-0.39, 0.29) is 0 Å². The second-order valence-electron chi connectivity index (χ2n) is 5.47. The van der Waals surface area contributed by atoms with Gasteiger partial charge in [-0.3, -0.25) is 5.43 Å². The van der Waals surface area contributed by atoms with Crippen molar-refractivity contribution in [1.29, 1.82) is 0 Å². The Morgan fingerprint density at radius 1 is 0.880 bits per heavy atom. The Labute approximate surface area is 144 Å². The number of oxazole rings is 1. The SMILES string of the molecule is Nc1ccc(NN=Nc2ccc(-c3nc4ccccc4o3)cc2)cc1. The largest absolute Gasteiger partial charge is 0.436 e. The molecule has 0 spiro atoms. The van der Waals surface area contributed by atoms with Crippen LogP contribution < -0.4 is 11.2 Å². The molecule has 0 unspecified atom stereocenters. The number of rotatable bonds is 4. The van der Waals surface area contributed by atoms with Gasteiger partial charge >= 0.3 is 0 Å². The minimum Gasteiger partial charge on any atom is -0.436 e. The highest BCUT2D eigenvalue weighted by atomic mass is 16.3. The average molecular weight is 329 g/mol. The molecule has 3 N–H and O–H groups in total. The smallest absolute Gasteiger partial charge is 0.227 e. The summed E-state index contributed by atoms with van der Waals surface area (Å²) in [4.78, 5) is 4.48. The van der Waals surface area contributed by atoms with Gasteiger partial charge < -0.3 is 10.2 Å². The molecule has 4 rings (SSSR count). The molecule has 1 heterocycles. The number of nitrogens with one attached hydrogen (secondary N) is 1. The molecule has 122 valence electrons. The van der Waals surface area contributed by atoms with E-state index >= 15 is 0 Å². The Morgan fingerprint density at radius 2 is 1.64 bits per heavy atom. The molecule has 0 atom stereocenters. The fourth-order valence-corrected chi connectivity index (χ4v) is 2.36. The third-order valence-corrected chi connectivity index (χ3v) is 3.66. The van der Waals surface area contributed by atoms with E-state index in [2.05, 4.69) is 20.7 Å². The van der Waals surface area contributed by atoms with Gasteiger partial charge in [-0.1, -0.05) is 17.4 Å². The lowest BCUT2D eigenvalue weighted by molar-refractivity contribution is 0.620. The third kappa shape index (κ3) is 3.32. The highest BCUT2D eigenvalue weighted by Crippen LogP contribution is 2.26. The molecule has 0 aliphatic carbocycles. The molecule has 0 bridgehead atoms. The minimum atomic E-state index is 0.588. The summed E-state index contributed by atoms with van der Waals surface area (Å²) in [6.07, 6.45) is 0. The van der Waals surface area contributed by atoms with Crippen LogP contribution in [0.1, 0.15) is 0 Å². The van der Waals surface area contributed by atoms with Crippen molar-refractivity contribution in [2.45, 2.75) is 0 Å². The van der Waals surface area contributed by atoms with Crippen LogP contribution in [-0.2, 0) is 0 Å². The van der Waals surface area contributed by atoms with E-state index in [4.69, 9.17) is 10.2 Å². The number of anilines is 2. The number of aromatic nitrogens is 1. The normalized spacial score (nSPS) is 11.2. The Hall–Kier alpha value is -3.67. The maximum Gasteiger partial charge on any atom is 0.227 e. The van der Waals surface area contributed by atoms with Crippen LogP contribution in [0.5, 0.6) is 0 Å². The monoisotopic (exact) mass is 329 g/mol. The minimum absolute atomic E-state index is 0.588. The van der Waals surface area contributed by atoms with Crippen molar-refractivity contribution in [2.24, 2.45) is 10.3 Å². The van der Waals surface area contributed by atoms with Gasteiger partial charge in [-0.2, -0.15) is 0 Å². The van der Waals surface area contributed by atoms with Crippen LogP contribution in [-0.4, -0.2) is 4.98 Å². The predicted molar refractivity (Wildman–Crippen MR) is 98.4 cm³/mol. The van der Waals surface area contributed by atoms with Crippen molar-refractivity contribution < 1.29 is 4.42 Å². The summed E-state index contributed by atoms with van der Waals surface area (Å²) >= 11 is 0. The van der Waals surface area contributed by atoms with Crippen molar-refractivity contribution >= 4 is 28.2 Å². The fourth-order valence-electron chi connectivity index (χ4n) is 2.36. The molecule has 25 heavy (non-hydrogen) atoms. The number of para-hydroxylation sites is 2. The van der Waals surface area contributed by atoms with E-state index in [0.717, 1.165) is 28.0 Å². The molecule has 0 saturated heterocycles. The van der Waals surface area contributed by atoms with Crippen molar-refractivity contribution in [2.75, 3.05) is 11.2 Å². The van der Waals surface area contributed by atoms with Gasteiger partial charge in [-0.25, -0.2) is 4.98 Å². The van der Waals surface area contributed by atoms with Crippen molar-refractivity contribution in [3.63, 3.8) is 0 Å². The predicted octanol–water partition coefficient (Wildman–Crippen LogP) is 5.19. The lowest BCUT2D eigenvalue weighted by Crippen LogP contribution is -1.88. The maximum absolute atomic E-state index is 5.75. The highest BCUT2D eigenvalue weighted by Gasteiger charge is 2.07. The van der Waals surface area contributed by atoms with Crippen LogP contribution in [0.15, 0.2) is 87.6 Å². The first kappa shape index (κ1) is 14.9. The summed E-state index contributed by atoms with van der Waals surface area (Å²) in [6.45, 7) is 0. The highest BCUT2D eigenvalue weighted by molar-refractivity contribution is 5.76. The first-order chi connectivity index (χ1) is 12.3. The Kier molecular flexibility index (Phi) is 3.84. The first-order valence-corrected chi connectivity index (χ1v) is 7.76. The van der Waals surface area contributed by atoms with Crippen LogP contribution in [0.25, 0.3) is 22.6 Å². The number of benzene rings is 3. The van der Waals surface area contributed by atoms with Crippen LogP contribution in [0.4, 0.5) is 17.1 Å². The zero-order valence-corrected chi connectivity index (χ0v) is 13.3. The fraction of sp³-hybridized carbons (Fsp3) is 0. The molecule has 0 saturated carbocycles. The Morgan fingerprint density at radius 3 is 2.40 bits per heavy atom. The van der Waals surface area contributed by atoms with E-state index in [0.29, 0.717) is 11.6 Å². The number of nitrogens with two attached hydrogens (primary N) is 1. The molecular weight excluding hydrogens is 314 g/mol. The molecule has 3 aromatic carbocycles. The quantitative estimate of drug-likeness (QED) is 0.306. The van der Waals surface area contributed by atoms with Gasteiger partial charge in [0.2, 0.25) is 5.89 Å². The van der Waals surface area contributed by atoms with Crippen molar-refractivity contribution in [3.05, 3.63) is 72.8 Å². The second-order valence-corrected chi connectivity index (χ2v) is 5.47. The second kappa shape index (κ2) is 6.45. The molecule has 4 aromatic rings. The molecule has 0 aliphatic heterocycles. The molecule has 0 amide bonds. The summed E-state index contributed by atoms with van der Waals surface area (Å²) in [7, 11) is 0. The van der Waals surface area contributed by atoms with Gasteiger partial charge in [-0.15, -0.1) is 5.11 Å². The molecular formula is C19H15N5O. The topological polar surface area (TPSA) is 88.8 Å². The number of nitrogens with zero attached hydrogens (tertiary/aromatic N) is 3. The van der Waals surface area contributed by atoms with E-state index in [1.807, 2.05) is 60.7 Å². The van der Waals surface area contributed by atoms with Crippen molar-refractivity contribution in [3.8, 4) is 11.5 Å². The Balaban J connectivity index is 1.47. The lowest BCUT2D eigenvalue weighted by atomic mass is 10.2. The van der Waals surface area contributed by atoms with Gasteiger partial charge in [0.05, 0.1) is 11.4 Å². The van der Waals surface area contributed by atoms with Crippen molar-refractivity contribution in [1.82, 2.24) is 4.98 Å². The summed E-state index contributed by atoms with van der Waals surface area (Å²) < 4.78 is 5.75. The molecule has 6 nitrogen and oxygen atoms in total. The maximum atomic E-state index is 5.75. The van der Waals surface area contributed by atoms with Gasteiger partial charge in [0, 0.05) is 11.3 Å². The van der Waals surface area contributed by atoms with Crippen LogP contribution in [0.2, 0.25) is 0 Å². The average Bonchev–Trinajstić information content (AvgIpc) is 3.08.